The van der Waals surface area contributed by atoms with Gasteiger partial charge in [0.1, 0.15) is 5.82 Å². The lowest BCUT2D eigenvalue weighted by Gasteiger charge is -2.49. The molecule has 1 aromatic rings. The molecule has 1 N–H and O–H groups in total. The molecule has 1 aromatic carbocycles. The minimum Gasteiger partial charge on any atom is -0.308 e. The summed E-state index contributed by atoms with van der Waals surface area (Å²) in [5.41, 5.74) is 1.17. The van der Waals surface area contributed by atoms with Crippen LogP contribution in [0.4, 0.5) is 4.39 Å². The van der Waals surface area contributed by atoms with Crippen LogP contribution in [-0.2, 0) is 6.54 Å². The Labute approximate surface area is 131 Å². The quantitative estimate of drug-likeness (QED) is 0.889. The summed E-state index contributed by atoms with van der Waals surface area (Å²) < 4.78 is 13.5. The summed E-state index contributed by atoms with van der Waals surface area (Å²) in [6.07, 6.45) is 6.50. The number of piperazine rings is 1. The molecular formula is C17H24ClFN2. The second-order valence-corrected chi connectivity index (χ2v) is 7.12. The average Bonchev–Trinajstić information content (AvgIpc) is 2.48. The van der Waals surface area contributed by atoms with Gasteiger partial charge in [-0.1, -0.05) is 30.9 Å². The zero-order chi connectivity index (χ0) is 14.9. The van der Waals surface area contributed by atoms with E-state index in [1.54, 1.807) is 12.1 Å². The minimum absolute atomic E-state index is 0.204. The maximum Gasteiger partial charge on any atom is 0.123 e. The highest BCUT2D eigenvalue weighted by Crippen LogP contribution is 2.33. The van der Waals surface area contributed by atoms with Gasteiger partial charge in [0.15, 0.2) is 0 Å². The predicted molar refractivity (Wildman–Crippen MR) is 85.1 cm³/mol. The number of nitrogens with one attached hydrogen (secondary N) is 1. The summed E-state index contributed by atoms with van der Waals surface area (Å²) in [5.74, 6) is -0.204. The molecule has 1 saturated heterocycles. The van der Waals surface area contributed by atoms with Gasteiger partial charge in [-0.05, 0) is 43.5 Å². The third-order valence-electron chi connectivity index (χ3n) is 5.09. The Morgan fingerprint density at radius 1 is 1.33 bits per heavy atom. The van der Waals surface area contributed by atoms with Crippen molar-refractivity contribution < 1.29 is 4.39 Å². The van der Waals surface area contributed by atoms with Gasteiger partial charge < -0.3 is 5.32 Å². The van der Waals surface area contributed by atoms with Gasteiger partial charge >= 0.3 is 0 Å². The first-order valence-electron chi connectivity index (χ1n) is 8.01. The lowest BCUT2D eigenvalue weighted by molar-refractivity contribution is 0.0572. The number of nitrogens with zero attached hydrogens (tertiary/aromatic N) is 1. The van der Waals surface area contributed by atoms with Gasteiger partial charge in [-0.25, -0.2) is 4.39 Å². The van der Waals surface area contributed by atoms with Crippen LogP contribution < -0.4 is 5.32 Å². The van der Waals surface area contributed by atoms with E-state index in [0.29, 0.717) is 11.1 Å². The zero-order valence-electron chi connectivity index (χ0n) is 12.7. The van der Waals surface area contributed by atoms with E-state index in [1.807, 2.05) is 0 Å². The summed E-state index contributed by atoms with van der Waals surface area (Å²) in [5, 5.41) is 4.44. The summed E-state index contributed by atoms with van der Waals surface area (Å²) in [6, 6.07) is 5.12. The first kappa shape index (κ1) is 15.3. The fourth-order valence-electron chi connectivity index (χ4n) is 3.75. The molecular weight excluding hydrogens is 287 g/mol. The summed E-state index contributed by atoms with van der Waals surface area (Å²) in [4.78, 5) is 2.46. The van der Waals surface area contributed by atoms with Crippen molar-refractivity contribution in [2.24, 2.45) is 0 Å². The highest BCUT2D eigenvalue weighted by Gasteiger charge is 2.38. The van der Waals surface area contributed by atoms with Crippen LogP contribution in [0.2, 0.25) is 5.02 Å². The molecule has 1 heterocycles. The van der Waals surface area contributed by atoms with Crippen molar-refractivity contribution in [1.29, 1.82) is 0 Å². The number of benzene rings is 1. The highest BCUT2D eigenvalue weighted by atomic mass is 35.5. The molecule has 1 unspecified atom stereocenters. The molecule has 116 valence electrons. The first-order chi connectivity index (χ1) is 10.1. The van der Waals surface area contributed by atoms with Gasteiger partial charge in [-0.3, -0.25) is 4.90 Å². The molecule has 0 radical (unpaired) electrons. The Morgan fingerprint density at radius 3 is 2.86 bits per heavy atom. The molecule has 4 heteroatoms. The molecule has 2 aliphatic rings. The molecule has 1 spiro atoms. The summed E-state index contributed by atoms with van der Waals surface area (Å²) >= 11 is 6.23. The Balaban J connectivity index is 1.75. The minimum atomic E-state index is -0.204. The third kappa shape index (κ3) is 3.41. The van der Waals surface area contributed by atoms with Crippen molar-refractivity contribution in [2.75, 3.05) is 13.1 Å². The molecule has 2 nitrogen and oxygen atoms in total. The van der Waals surface area contributed by atoms with E-state index in [-0.39, 0.29) is 11.4 Å². The van der Waals surface area contributed by atoms with E-state index in [2.05, 4.69) is 17.1 Å². The van der Waals surface area contributed by atoms with Crippen molar-refractivity contribution in [3.63, 3.8) is 0 Å². The van der Waals surface area contributed by atoms with Crippen LogP contribution in [0.5, 0.6) is 0 Å². The molecule has 21 heavy (non-hydrogen) atoms. The predicted octanol–water partition coefficient (Wildman–Crippen LogP) is 3.98. The summed E-state index contributed by atoms with van der Waals surface area (Å²) in [6.45, 7) is 5.02. The largest absolute Gasteiger partial charge is 0.308 e. The highest BCUT2D eigenvalue weighted by molar-refractivity contribution is 6.31. The van der Waals surface area contributed by atoms with Crippen LogP contribution >= 0.6 is 11.6 Å². The van der Waals surface area contributed by atoms with E-state index in [1.165, 1.54) is 38.2 Å². The van der Waals surface area contributed by atoms with Crippen molar-refractivity contribution in [3.05, 3.63) is 34.6 Å². The van der Waals surface area contributed by atoms with Crippen LogP contribution in [0, 0.1) is 5.82 Å². The maximum absolute atomic E-state index is 13.5. The van der Waals surface area contributed by atoms with Crippen molar-refractivity contribution >= 4 is 11.6 Å². The lowest BCUT2D eigenvalue weighted by atomic mass is 9.79. The smallest absolute Gasteiger partial charge is 0.123 e. The molecule has 1 aliphatic carbocycles. The van der Waals surface area contributed by atoms with Gasteiger partial charge in [-0.15, -0.1) is 0 Å². The van der Waals surface area contributed by atoms with Crippen LogP contribution in [0.15, 0.2) is 18.2 Å². The van der Waals surface area contributed by atoms with Crippen LogP contribution in [0.3, 0.4) is 0 Å². The Hall–Kier alpha value is -0.640. The van der Waals surface area contributed by atoms with E-state index in [9.17, 15) is 4.39 Å². The number of hydrogen-bond donors (Lipinski definition) is 1. The number of hydrogen-bond acceptors (Lipinski definition) is 2. The van der Waals surface area contributed by atoms with Crippen LogP contribution in [0.25, 0.3) is 0 Å². The Kier molecular flexibility index (Phi) is 4.53. The lowest BCUT2D eigenvalue weighted by Crippen LogP contribution is -2.63. The van der Waals surface area contributed by atoms with Crippen molar-refractivity contribution in [2.45, 2.75) is 57.2 Å². The number of rotatable bonds is 2. The Morgan fingerprint density at radius 2 is 2.10 bits per heavy atom. The van der Waals surface area contributed by atoms with Gasteiger partial charge in [0, 0.05) is 36.2 Å². The molecule has 3 rings (SSSR count). The molecule has 2 fully saturated rings. The molecule has 0 aromatic heterocycles. The normalized spacial score (nSPS) is 26.1. The van der Waals surface area contributed by atoms with Gasteiger partial charge in [0.05, 0.1) is 0 Å². The third-order valence-corrected chi connectivity index (χ3v) is 5.46. The Bertz CT molecular complexity index is 500. The first-order valence-corrected chi connectivity index (χ1v) is 8.39. The fourth-order valence-corrected chi connectivity index (χ4v) is 3.93. The second kappa shape index (κ2) is 6.23. The molecule has 1 aliphatic heterocycles. The molecule has 0 bridgehead atoms. The van der Waals surface area contributed by atoms with Crippen LogP contribution in [-0.4, -0.2) is 29.6 Å². The van der Waals surface area contributed by atoms with E-state index in [4.69, 9.17) is 11.6 Å². The van der Waals surface area contributed by atoms with E-state index < -0.39 is 0 Å². The molecule has 1 saturated carbocycles. The van der Waals surface area contributed by atoms with E-state index in [0.717, 1.165) is 25.2 Å². The van der Waals surface area contributed by atoms with Gasteiger partial charge in [-0.2, -0.15) is 0 Å². The standard InChI is InChI=1S/C17H24ClFN2/c1-13-10-20-17(7-3-2-4-8-17)12-21(13)11-14-9-15(19)5-6-16(14)18/h5-6,9,13,20H,2-4,7-8,10-12H2,1H3. The SMILES string of the molecule is CC1CNC2(CCCCC2)CN1Cc1cc(F)ccc1Cl. The van der Waals surface area contributed by atoms with Gasteiger partial charge in [0.2, 0.25) is 0 Å². The van der Waals surface area contributed by atoms with Crippen molar-refractivity contribution in [3.8, 4) is 0 Å². The molecule has 0 amide bonds. The monoisotopic (exact) mass is 310 g/mol. The van der Waals surface area contributed by atoms with E-state index >= 15 is 0 Å². The number of halogens is 2. The topological polar surface area (TPSA) is 15.3 Å². The maximum atomic E-state index is 13.5. The fraction of sp³-hybridized carbons (Fsp3) is 0.647. The second-order valence-electron chi connectivity index (χ2n) is 6.71. The average molecular weight is 311 g/mol. The van der Waals surface area contributed by atoms with Gasteiger partial charge in [0.25, 0.3) is 0 Å². The summed E-state index contributed by atoms with van der Waals surface area (Å²) in [7, 11) is 0. The van der Waals surface area contributed by atoms with Crippen LogP contribution in [0.1, 0.15) is 44.6 Å². The zero-order valence-corrected chi connectivity index (χ0v) is 13.4. The molecule has 1 atom stereocenters. The van der Waals surface area contributed by atoms with Crippen molar-refractivity contribution in [1.82, 2.24) is 10.2 Å².